The van der Waals surface area contributed by atoms with Gasteiger partial charge >= 0.3 is 0 Å². The van der Waals surface area contributed by atoms with Crippen molar-refractivity contribution in [3.8, 4) is 23.0 Å². The smallest absolute Gasteiger partial charge is 0.124 e. The topological polar surface area (TPSA) is 30.7 Å². The van der Waals surface area contributed by atoms with Gasteiger partial charge in [0.25, 0.3) is 0 Å². The van der Waals surface area contributed by atoms with Crippen molar-refractivity contribution in [3.63, 3.8) is 0 Å². The van der Waals surface area contributed by atoms with Gasteiger partial charge in [-0.15, -0.1) is 11.3 Å². The van der Waals surface area contributed by atoms with Gasteiger partial charge in [-0.05, 0) is 18.1 Å². The number of hydrogen-bond donors (Lipinski definition) is 0. The van der Waals surface area contributed by atoms with E-state index in [0.717, 1.165) is 33.5 Å². The minimum Gasteiger partial charge on any atom is -0.275 e. The zero-order chi connectivity index (χ0) is 17.2. The summed E-state index contributed by atoms with van der Waals surface area (Å²) in [6.45, 7) is 2.15. The van der Waals surface area contributed by atoms with E-state index >= 15 is 0 Å². The number of hydrogen-bond acceptors (Lipinski definition) is 3. The molecule has 0 bridgehead atoms. The average Bonchev–Trinajstić information content (AvgIpc) is 3.25. The fourth-order valence-corrected chi connectivity index (χ4v) is 3.73. The molecular formula is C21H17N3S. The van der Waals surface area contributed by atoms with Gasteiger partial charge in [0.05, 0.1) is 11.8 Å². The van der Waals surface area contributed by atoms with Gasteiger partial charge in [0.15, 0.2) is 0 Å². The number of aryl methyl sites for hydroxylation is 2. The summed E-state index contributed by atoms with van der Waals surface area (Å²) in [5, 5.41) is 7.37. The van der Waals surface area contributed by atoms with E-state index in [2.05, 4.69) is 59.6 Å². The number of benzene rings is 1. The average molecular weight is 343 g/mol. The quantitative estimate of drug-likeness (QED) is 0.496. The van der Waals surface area contributed by atoms with Gasteiger partial charge in [-0.3, -0.25) is 4.68 Å². The van der Waals surface area contributed by atoms with Crippen molar-refractivity contribution in [2.45, 2.75) is 13.3 Å². The first-order valence-corrected chi connectivity index (χ1v) is 9.10. The second-order valence-electron chi connectivity index (χ2n) is 5.86. The Balaban J connectivity index is 1.84. The van der Waals surface area contributed by atoms with Crippen molar-refractivity contribution in [1.29, 1.82) is 0 Å². The molecule has 0 spiro atoms. The summed E-state index contributed by atoms with van der Waals surface area (Å²) in [7, 11) is 1.90. The van der Waals surface area contributed by atoms with Crippen molar-refractivity contribution in [1.82, 2.24) is 14.8 Å². The van der Waals surface area contributed by atoms with Gasteiger partial charge in [-0.1, -0.05) is 49.1 Å². The summed E-state index contributed by atoms with van der Waals surface area (Å²) in [6.07, 6.45) is 4.61. The van der Waals surface area contributed by atoms with E-state index in [0.29, 0.717) is 0 Å². The minimum atomic E-state index is 0.911. The highest BCUT2D eigenvalue weighted by Crippen LogP contribution is 2.31. The van der Waals surface area contributed by atoms with Crippen LogP contribution in [0.2, 0.25) is 0 Å². The van der Waals surface area contributed by atoms with Crippen LogP contribution >= 0.6 is 11.3 Å². The number of fused-ring (bicyclic) bond motifs is 1. The maximum atomic E-state index is 4.88. The molecule has 4 rings (SSSR count). The van der Waals surface area contributed by atoms with E-state index in [4.69, 9.17) is 4.98 Å². The van der Waals surface area contributed by atoms with Crippen LogP contribution in [0.1, 0.15) is 23.7 Å². The molecule has 0 fully saturated rings. The molecule has 4 heteroatoms. The van der Waals surface area contributed by atoms with E-state index in [1.165, 1.54) is 11.1 Å². The molecule has 0 N–H and O–H groups in total. The Morgan fingerprint density at radius 2 is 2.00 bits per heavy atom. The molecule has 0 unspecified atom stereocenters. The van der Waals surface area contributed by atoms with Crippen LogP contribution in [0, 0.1) is 11.8 Å². The van der Waals surface area contributed by atoms with Gasteiger partial charge in [0, 0.05) is 40.8 Å². The zero-order valence-corrected chi connectivity index (χ0v) is 15.0. The fourth-order valence-electron chi connectivity index (χ4n) is 2.85. The molecule has 3 nitrogen and oxygen atoms in total. The Hall–Kier alpha value is -2.90. The van der Waals surface area contributed by atoms with Crippen LogP contribution in [-0.4, -0.2) is 14.8 Å². The van der Waals surface area contributed by atoms with Gasteiger partial charge in [0.1, 0.15) is 4.83 Å². The highest BCUT2D eigenvalue weighted by atomic mass is 32.1. The summed E-state index contributed by atoms with van der Waals surface area (Å²) >= 11 is 1.65. The van der Waals surface area contributed by atoms with Crippen LogP contribution in [0.15, 0.2) is 54.2 Å². The third-order valence-corrected chi connectivity index (χ3v) is 5.00. The number of nitrogens with zero attached hydrogens (tertiary/aromatic N) is 3. The van der Waals surface area contributed by atoms with E-state index in [-0.39, 0.29) is 0 Å². The summed E-state index contributed by atoms with van der Waals surface area (Å²) in [6, 6.07) is 12.7. The summed E-state index contributed by atoms with van der Waals surface area (Å²) in [5.74, 6) is 6.47. The summed E-state index contributed by atoms with van der Waals surface area (Å²) < 4.78 is 1.76. The first-order chi connectivity index (χ1) is 12.2. The standard InChI is InChI=1S/C21H17N3S/c1-3-20-18(16-7-5-4-6-8-16)11-19-17(14-25-21(19)23-20)10-9-15-12-22-24(2)13-15/h4-8,11-14H,3H2,1-2H3. The molecule has 0 atom stereocenters. The molecule has 0 aliphatic heterocycles. The van der Waals surface area contributed by atoms with Crippen LogP contribution < -0.4 is 0 Å². The Bertz CT molecular complexity index is 1090. The zero-order valence-electron chi connectivity index (χ0n) is 14.2. The highest BCUT2D eigenvalue weighted by molar-refractivity contribution is 7.17. The lowest BCUT2D eigenvalue weighted by Crippen LogP contribution is -1.92. The first kappa shape index (κ1) is 15.6. The molecule has 0 radical (unpaired) electrons. The monoisotopic (exact) mass is 343 g/mol. The molecule has 0 aliphatic carbocycles. The van der Waals surface area contributed by atoms with E-state index < -0.39 is 0 Å². The lowest BCUT2D eigenvalue weighted by molar-refractivity contribution is 0.767. The first-order valence-electron chi connectivity index (χ1n) is 8.22. The van der Waals surface area contributed by atoms with Gasteiger partial charge < -0.3 is 0 Å². The number of pyridine rings is 1. The second kappa shape index (κ2) is 6.54. The molecular weight excluding hydrogens is 326 g/mol. The molecule has 3 heterocycles. The molecule has 0 aliphatic rings. The van der Waals surface area contributed by atoms with E-state index in [9.17, 15) is 0 Å². The third kappa shape index (κ3) is 3.07. The van der Waals surface area contributed by atoms with Crippen molar-refractivity contribution in [2.75, 3.05) is 0 Å². The second-order valence-corrected chi connectivity index (χ2v) is 6.72. The Morgan fingerprint density at radius 1 is 1.16 bits per heavy atom. The van der Waals surface area contributed by atoms with Crippen LogP contribution in [0.25, 0.3) is 21.3 Å². The van der Waals surface area contributed by atoms with E-state index in [1.807, 2.05) is 19.3 Å². The van der Waals surface area contributed by atoms with E-state index in [1.54, 1.807) is 22.2 Å². The van der Waals surface area contributed by atoms with Gasteiger partial charge in [-0.25, -0.2) is 4.98 Å². The predicted octanol–water partition coefficient (Wildman–Crippen LogP) is 4.66. The molecule has 25 heavy (non-hydrogen) atoms. The molecule has 0 amide bonds. The number of thiophene rings is 1. The SMILES string of the molecule is CCc1nc2scc(C#Cc3cnn(C)c3)c2cc1-c1ccccc1. The maximum Gasteiger partial charge on any atom is 0.124 e. The van der Waals surface area contributed by atoms with Crippen LogP contribution in [-0.2, 0) is 13.5 Å². The predicted molar refractivity (Wildman–Crippen MR) is 104 cm³/mol. The van der Waals surface area contributed by atoms with Crippen LogP contribution in [0.5, 0.6) is 0 Å². The van der Waals surface area contributed by atoms with Gasteiger partial charge in [-0.2, -0.15) is 5.10 Å². The molecule has 3 aromatic heterocycles. The Labute approximate surface area is 151 Å². The fraction of sp³-hybridized carbons (Fsp3) is 0.143. The Kier molecular flexibility index (Phi) is 4.09. The Morgan fingerprint density at radius 3 is 2.72 bits per heavy atom. The van der Waals surface area contributed by atoms with Crippen molar-refractivity contribution < 1.29 is 0 Å². The molecule has 4 aromatic rings. The lowest BCUT2D eigenvalue weighted by atomic mass is 10.0. The lowest BCUT2D eigenvalue weighted by Gasteiger charge is -2.08. The molecule has 0 saturated carbocycles. The number of rotatable bonds is 2. The van der Waals surface area contributed by atoms with Crippen molar-refractivity contribution >= 4 is 21.6 Å². The normalized spacial score (nSPS) is 10.6. The highest BCUT2D eigenvalue weighted by Gasteiger charge is 2.11. The third-order valence-electron chi connectivity index (χ3n) is 4.11. The van der Waals surface area contributed by atoms with Crippen molar-refractivity contribution in [3.05, 3.63) is 71.0 Å². The molecule has 0 saturated heterocycles. The maximum absolute atomic E-state index is 4.88. The molecule has 1 aromatic carbocycles. The van der Waals surface area contributed by atoms with Gasteiger partial charge in [0.2, 0.25) is 0 Å². The summed E-state index contributed by atoms with van der Waals surface area (Å²) in [5.41, 5.74) is 5.47. The number of aromatic nitrogens is 3. The van der Waals surface area contributed by atoms with Crippen LogP contribution in [0.4, 0.5) is 0 Å². The summed E-state index contributed by atoms with van der Waals surface area (Å²) in [4.78, 5) is 5.93. The van der Waals surface area contributed by atoms with Crippen LogP contribution in [0.3, 0.4) is 0 Å². The minimum absolute atomic E-state index is 0.911. The molecule has 122 valence electrons. The largest absolute Gasteiger partial charge is 0.275 e. The van der Waals surface area contributed by atoms with Crippen molar-refractivity contribution in [2.24, 2.45) is 7.05 Å².